The number of unbranched alkanes of at least 4 members (excludes halogenated alkanes) is 14. The highest BCUT2D eigenvalue weighted by Crippen LogP contribution is 2.22. The molecule has 1 aliphatic rings. The fourth-order valence-electron chi connectivity index (χ4n) is 5.15. The van der Waals surface area contributed by atoms with E-state index in [1.807, 2.05) is 6.08 Å². The summed E-state index contributed by atoms with van der Waals surface area (Å²) in [6.45, 7) is 3.63. The van der Waals surface area contributed by atoms with E-state index < -0.39 is 49.5 Å². The lowest BCUT2D eigenvalue weighted by Gasteiger charge is -2.40. The molecule has 0 aromatic rings. The molecule has 1 rings (SSSR count). The Hall–Kier alpha value is -1.33. The summed E-state index contributed by atoms with van der Waals surface area (Å²) in [6.07, 6.45) is 19.6. The molecule has 0 aromatic carbocycles. The molecule has 6 N–H and O–H groups in total. The van der Waals surface area contributed by atoms with Gasteiger partial charge in [0, 0.05) is 6.42 Å². The summed E-state index contributed by atoms with van der Waals surface area (Å²) in [5.74, 6) is -0.195. The molecule has 252 valence electrons. The Morgan fingerprint density at radius 3 is 1.91 bits per heavy atom. The first-order chi connectivity index (χ1) is 20.8. The lowest BCUT2D eigenvalue weighted by Crippen LogP contribution is -2.60. The van der Waals surface area contributed by atoms with Crippen LogP contribution in [0.1, 0.15) is 129 Å². The number of hydrogen-bond donors (Lipinski definition) is 6. The minimum Gasteiger partial charge on any atom is -0.394 e. The summed E-state index contributed by atoms with van der Waals surface area (Å²) in [7, 11) is 0. The summed E-state index contributed by atoms with van der Waals surface area (Å²) in [6, 6.07) is -0.801. The van der Waals surface area contributed by atoms with E-state index in [4.69, 9.17) is 9.47 Å². The van der Waals surface area contributed by atoms with Gasteiger partial charge in [0.1, 0.15) is 24.4 Å². The highest BCUT2D eigenvalue weighted by atomic mass is 16.7. The second-order valence-electron chi connectivity index (χ2n) is 12.0. The smallest absolute Gasteiger partial charge is 0.220 e. The third kappa shape index (κ3) is 18.3. The molecule has 9 heteroatoms. The minimum absolute atomic E-state index is 0.192. The van der Waals surface area contributed by atoms with Crippen molar-refractivity contribution >= 4 is 5.91 Å². The van der Waals surface area contributed by atoms with Gasteiger partial charge in [-0.15, -0.1) is 0 Å². The lowest BCUT2D eigenvalue weighted by atomic mass is 9.99. The molecule has 9 nitrogen and oxygen atoms in total. The van der Waals surface area contributed by atoms with Crippen LogP contribution in [0.2, 0.25) is 0 Å². The monoisotopic (exact) mass is 613 g/mol. The zero-order valence-electron chi connectivity index (χ0n) is 27.0. The van der Waals surface area contributed by atoms with Gasteiger partial charge in [0.25, 0.3) is 0 Å². The van der Waals surface area contributed by atoms with Crippen LogP contribution < -0.4 is 5.32 Å². The quantitative estimate of drug-likeness (QED) is 0.0601. The van der Waals surface area contributed by atoms with Crippen LogP contribution in [0.25, 0.3) is 0 Å². The Morgan fingerprint density at radius 2 is 1.30 bits per heavy atom. The maximum atomic E-state index is 12.7. The van der Waals surface area contributed by atoms with Crippen molar-refractivity contribution in [3.8, 4) is 0 Å². The molecule has 7 atom stereocenters. The van der Waals surface area contributed by atoms with E-state index in [1.165, 1.54) is 38.5 Å². The molecule has 1 aliphatic heterocycles. The van der Waals surface area contributed by atoms with Crippen molar-refractivity contribution in [2.45, 2.75) is 172 Å². The molecular weight excluding hydrogens is 550 g/mol. The fourth-order valence-corrected chi connectivity index (χ4v) is 5.15. The van der Waals surface area contributed by atoms with Gasteiger partial charge in [-0.2, -0.15) is 0 Å². The zero-order valence-corrected chi connectivity index (χ0v) is 27.0. The summed E-state index contributed by atoms with van der Waals surface area (Å²) in [4.78, 5) is 12.7. The number of aliphatic hydroxyl groups excluding tert-OH is 5. The summed E-state index contributed by atoms with van der Waals surface area (Å²) in [5, 5.41) is 53.4. The first-order valence-electron chi connectivity index (χ1n) is 17.1. The second-order valence-corrected chi connectivity index (χ2v) is 12.0. The maximum Gasteiger partial charge on any atom is 0.220 e. The van der Waals surface area contributed by atoms with E-state index in [0.717, 1.165) is 70.6 Å². The van der Waals surface area contributed by atoms with Crippen LogP contribution >= 0.6 is 0 Å². The number of carbonyl (C=O) groups is 1. The average molecular weight is 614 g/mol. The normalized spacial score (nSPS) is 24.1. The first kappa shape index (κ1) is 39.7. The Morgan fingerprint density at radius 1 is 0.767 bits per heavy atom. The molecule has 0 radical (unpaired) electrons. The fraction of sp³-hybridized carbons (Fsp3) is 0.853. The Balaban J connectivity index is 2.44. The van der Waals surface area contributed by atoms with Gasteiger partial charge in [-0.05, 0) is 44.9 Å². The van der Waals surface area contributed by atoms with Crippen molar-refractivity contribution in [3.63, 3.8) is 0 Å². The molecule has 1 amide bonds. The van der Waals surface area contributed by atoms with Gasteiger partial charge in [0.05, 0.1) is 25.4 Å². The highest BCUT2D eigenvalue weighted by molar-refractivity contribution is 5.76. The summed E-state index contributed by atoms with van der Waals surface area (Å²) >= 11 is 0. The van der Waals surface area contributed by atoms with Crippen molar-refractivity contribution in [2.75, 3.05) is 13.2 Å². The summed E-state index contributed by atoms with van der Waals surface area (Å²) < 4.78 is 11.1. The molecule has 0 aromatic heterocycles. The molecule has 0 saturated carbocycles. The van der Waals surface area contributed by atoms with Gasteiger partial charge in [-0.1, -0.05) is 102 Å². The lowest BCUT2D eigenvalue weighted by molar-refractivity contribution is -0.302. The number of amides is 1. The number of carbonyl (C=O) groups excluding carboxylic acids is 1. The second kappa shape index (κ2) is 25.9. The van der Waals surface area contributed by atoms with Crippen LogP contribution in [-0.2, 0) is 14.3 Å². The van der Waals surface area contributed by atoms with E-state index in [0.29, 0.717) is 6.42 Å². The predicted molar refractivity (Wildman–Crippen MR) is 170 cm³/mol. The predicted octanol–water partition coefficient (Wildman–Crippen LogP) is 4.82. The van der Waals surface area contributed by atoms with Crippen LogP contribution in [-0.4, -0.2) is 87.5 Å². The molecule has 1 heterocycles. The minimum atomic E-state index is -1.56. The SMILES string of the molecule is CCCCCC/C=C/C(O)C(COC1OC(CO)C(O)C(O)C1O)NC(=O)CCCCCCC/C=C\CCCCCCC. The molecular formula is C34H63NO8. The molecule has 0 bridgehead atoms. The Kier molecular flexibility index (Phi) is 23.9. The van der Waals surface area contributed by atoms with Crippen molar-refractivity contribution in [3.05, 3.63) is 24.3 Å². The van der Waals surface area contributed by atoms with Crippen LogP contribution in [0.3, 0.4) is 0 Å². The maximum absolute atomic E-state index is 12.7. The van der Waals surface area contributed by atoms with Crippen molar-refractivity contribution in [1.82, 2.24) is 5.32 Å². The van der Waals surface area contributed by atoms with E-state index in [-0.39, 0.29) is 12.5 Å². The standard InChI is InChI=1S/C34H63NO8/c1-3-5-7-9-11-12-13-14-15-16-17-18-20-22-24-30(38)35-27(28(37)23-21-19-10-8-6-4-2)26-42-34-33(41)32(40)31(39)29(25-36)43-34/h13-14,21,23,27-29,31-34,36-37,39-41H,3-12,15-20,22,24-26H2,1-2H3,(H,35,38)/b14-13-,23-21+. The van der Waals surface area contributed by atoms with Gasteiger partial charge in [-0.25, -0.2) is 0 Å². The van der Waals surface area contributed by atoms with Gasteiger partial charge in [0.15, 0.2) is 6.29 Å². The number of ether oxygens (including phenoxy) is 2. The average Bonchev–Trinajstić information content (AvgIpc) is 3.00. The Labute approximate surface area is 260 Å². The van der Waals surface area contributed by atoms with Crippen LogP contribution in [0.5, 0.6) is 0 Å². The molecule has 0 spiro atoms. The summed E-state index contributed by atoms with van der Waals surface area (Å²) in [5.41, 5.74) is 0. The van der Waals surface area contributed by atoms with E-state index in [9.17, 15) is 30.3 Å². The van der Waals surface area contributed by atoms with Gasteiger partial charge in [0.2, 0.25) is 5.91 Å². The van der Waals surface area contributed by atoms with Crippen LogP contribution in [0.4, 0.5) is 0 Å². The highest BCUT2D eigenvalue weighted by Gasteiger charge is 2.44. The largest absolute Gasteiger partial charge is 0.394 e. The molecule has 7 unspecified atom stereocenters. The van der Waals surface area contributed by atoms with Crippen LogP contribution in [0, 0.1) is 0 Å². The zero-order chi connectivity index (χ0) is 31.7. The van der Waals surface area contributed by atoms with Crippen molar-refractivity contribution in [2.24, 2.45) is 0 Å². The number of hydrogen-bond acceptors (Lipinski definition) is 8. The number of rotatable bonds is 26. The van der Waals surface area contributed by atoms with E-state index in [2.05, 4.69) is 31.3 Å². The third-order valence-corrected chi connectivity index (χ3v) is 8.02. The molecule has 1 saturated heterocycles. The molecule has 0 aliphatic carbocycles. The number of nitrogens with one attached hydrogen (secondary N) is 1. The molecule has 1 fully saturated rings. The van der Waals surface area contributed by atoms with Crippen molar-refractivity contribution < 1.29 is 39.8 Å². The number of aliphatic hydroxyl groups is 5. The van der Waals surface area contributed by atoms with Crippen LogP contribution in [0.15, 0.2) is 24.3 Å². The Bertz CT molecular complexity index is 731. The van der Waals surface area contributed by atoms with Gasteiger partial charge < -0.3 is 40.3 Å². The van der Waals surface area contributed by atoms with E-state index >= 15 is 0 Å². The molecule has 43 heavy (non-hydrogen) atoms. The van der Waals surface area contributed by atoms with Gasteiger partial charge in [-0.3, -0.25) is 4.79 Å². The third-order valence-electron chi connectivity index (χ3n) is 8.02. The van der Waals surface area contributed by atoms with Crippen molar-refractivity contribution in [1.29, 1.82) is 0 Å². The first-order valence-corrected chi connectivity index (χ1v) is 17.1. The number of allylic oxidation sites excluding steroid dienone is 3. The van der Waals surface area contributed by atoms with E-state index in [1.54, 1.807) is 6.08 Å². The topological polar surface area (TPSA) is 149 Å². The van der Waals surface area contributed by atoms with Gasteiger partial charge >= 0.3 is 0 Å².